The van der Waals surface area contributed by atoms with E-state index in [4.69, 9.17) is 14.2 Å². The first kappa shape index (κ1) is 8.93. The average Bonchev–Trinajstić information content (AvgIpc) is 2.93. The lowest BCUT2D eigenvalue weighted by atomic mass is 9.78. The Balaban J connectivity index is 1.72. The Morgan fingerprint density at radius 2 is 2.13 bits per heavy atom. The largest absolute Gasteiger partial charge is 0.388 e. The number of epoxide rings is 1. The van der Waals surface area contributed by atoms with Crippen molar-refractivity contribution in [2.24, 2.45) is 0 Å². The van der Waals surface area contributed by atoms with Crippen LogP contribution >= 0.6 is 0 Å². The molecule has 1 spiro atoms. The Bertz CT molecular complexity index is 307. The van der Waals surface area contributed by atoms with Gasteiger partial charge in [0.05, 0.1) is 18.3 Å². The van der Waals surface area contributed by atoms with E-state index in [0.717, 1.165) is 19.3 Å². The topological polar surface area (TPSA) is 51.2 Å². The number of aliphatic hydroxyl groups is 1. The van der Waals surface area contributed by atoms with Crippen LogP contribution in [0.5, 0.6) is 0 Å². The zero-order valence-electron chi connectivity index (χ0n) is 8.76. The maximum atomic E-state index is 9.91. The Labute approximate surface area is 88.5 Å². The standard InChI is InChI=1S/C11H16O4/c1-5-2-3-7-11(15-5)4-6(13-7)8(12)9-10(11)14-9/h5-10,12H,2-4H2,1H3/t5-,6+,7-,8?,9?,10-,11-/m0/s1. The van der Waals surface area contributed by atoms with E-state index in [2.05, 4.69) is 6.92 Å². The fraction of sp³-hybridized carbons (Fsp3) is 1.00. The first-order valence-electron chi connectivity index (χ1n) is 5.87. The van der Waals surface area contributed by atoms with Crippen molar-refractivity contribution < 1.29 is 19.3 Å². The summed E-state index contributed by atoms with van der Waals surface area (Å²) in [6, 6.07) is 0. The van der Waals surface area contributed by atoms with Crippen molar-refractivity contribution >= 4 is 0 Å². The van der Waals surface area contributed by atoms with Gasteiger partial charge in [-0.3, -0.25) is 0 Å². The molecule has 0 aromatic heterocycles. The van der Waals surface area contributed by atoms with Crippen LogP contribution in [0.4, 0.5) is 0 Å². The minimum Gasteiger partial charge on any atom is -0.388 e. The first-order valence-corrected chi connectivity index (χ1v) is 5.87. The zero-order valence-corrected chi connectivity index (χ0v) is 8.76. The van der Waals surface area contributed by atoms with E-state index < -0.39 is 6.10 Å². The molecule has 4 aliphatic rings. The molecule has 0 amide bonds. The van der Waals surface area contributed by atoms with Crippen LogP contribution in [0.3, 0.4) is 0 Å². The van der Waals surface area contributed by atoms with E-state index in [-0.39, 0.29) is 30.0 Å². The Kier molecular flexibility index (Phi) is 1.53. The van der Waals surface area contributed by atoms with Crippen LogP contribution in [0.25, 0.3) is 0 Å². The quantitative estimate of drug-likeness (QED) is 0.584. The third kappa shape index (κ3) is 0.965. The maximum absolute atomic E-state index is 9.91. The fourth-order valence-electron chi connectivity index (χ4n) is 3.63. The van der Waals surface area contributed by atoms with E-state index in [1.807, 2.05) is 0 Å². The summed E-state index contributed by atoms with van der Waals surface area (Å²) in [6.07, 6.45) is 2.88. The van der Waals surface area contributed by atoms with Gasteiger partial charge in [0.1, 0.15) is 23.9 Å². The van der Waals surface area contributed by atoms with Gasteiger partial charge in [-0.15, -0.1) is 0 Å². The lowest BCUT2D eigenvalue weighted by molar-refractivity contribution is -0.169. The normalized spacial score (nSPS) is 66.0. The molecule has 1 saturated carbocycles. The van der Waals surface area contributed by atoms with Crippen LogP contribution in [0, 0.1) is 0 Å². The number of ether oxygens (including phenoxy) is 3. The second kappa shape index (κ2) is 2.56. The van der Waals surface area contributed by atoms with Crippen LogP contribution in [0.2, 0.25) is 0 Å². The molecule has 2 unspecified atom stereocenters. The van der Waals surface area contributed by atoms with Gasteiger partial charge in [0.2, 0.25) is 0 Å². The average molecular weight is 212 g/mol. The smallest absolute Gasteiger partial charge is 0.126 e. The van der Waals surface area contributed by atoms with Gasteiger partial charge < -0.3 is 19.3 Å². The van der Waals surface area contributed by atoms with Gasteiger partial charge in [0.15, 0.2) is 0 Å². The first-order chi connectivity index (χ1) is 7.21. The molecule has 3 aliphatic heterocycles. The van der Waals surface area contributed by atoms with Gasteiger partial charge in [-0.2, -0.15) is 0 Å². The van der Waals surface area contributed by atoms with Gasteiger partial charge in [0, 0.05) is 6.42 Å². The molecule has 2 bridgehead atoms. The van der Waals surface area contributed by atoms with Crippen molar-refractivity contribution in [2.75, 3.05) is 0 Å². The number of rotatable bonds is 0. The van der Waals surface area contributed by atoms with Crippen molar-refractivity contribution in [3.8, 4) is 0 Å². The van der Waals surface area contributed by atoms with Crippen LogP contribution in [0.15, 0.2) is 0 Å². The predicted molar refractivity (Wildman–Crippen MR) is 50.5 cm³/mol. The zero-order chi connectivity index (χ0) is 10.2. The number of aliphatic hydroxyl groups excluding tert-OH is 1. The van der Waals surface area contributed by atoms with Crippen molar-refractivity contribution in [1.29, 1.82) is 0 Å². The van der Waals surface area contributed by atoms with Gasteiger partial charge in [0.25, 0.3) is 0 Å². The third-order valence-corrected chi connectivity index (χ3v) is 4.38. The molecule has 4 nitrogen and oxygen atoms in total. The fourth-order valence-corrected chi connectivity index (χ4v) is 3.63. The molecular formula is C11H16O4. The number of fused-ring (bicyclic) bond motifs is 2. The van der Waals surface area contributed by atoms with E-state index in [9.17, 15) is 5.11 Å². The number of hydrogen-bond acceptors (Lipinski definition) is 4. The summed E-state index contributed by atoms with van der Waals surface area (Å²) in [5.41, 5.74) is -0.230. The van der Waals surface area contributed by atoms with E-state index in [1.54, 1.807) is 0 Å². The van der Waals surface area contributed by atoms with Gasteiger partial charge in [-0.05, 0) is 19.8 Å². The minimum atomic E-state index is -0.440. The molecule has 15 heavy (non-hydrogen) atoms. The molecule has 4 rings (SSSR count). The summed E-state index contributed by atoms with van der Waals surface area (Å²) in [5.74, 6) is 0. The van der Waals surface area contributed by atoms with Crippen LogP contribution in [-0.4, -0.2) is 47.3 Å². The molecule has 1 N–H and O–H groups in total. The second-order valence-electron chi connectivity index (χ2n) is 5.34. The van der Waals surface area contributed by atoms with E-state index >= 15 is 0 Å². The molecule has 0 radical (unpaired) electrons. The molecule has 3 saturated heterocycles. The highest BCUT2D eigenvalue weighted by molar-refractivity contribution is 5.20. The van der Waals surface area contributed by atoms with Crippen LogP contribution < -0.4 is 0 Å². The molecular weight excluding hydrogens is 196 g/mol. The highest BCUT2D eigenvalue weighted by Crippen LogP contribution is 2.56. The van der Waals surface area contributed by atoms with Crippen molar-refractivity contribution in [1.82, 2.24) is 0 Å². The second-order valence-corrected chi connectivity index (χ2v) is 5.34. The molecule has 4 fully saturated rings. The summed E-state index contributed by atoms with van der Waals surface area (Å²) >= 11 is 0. The highest BCUT2D eigenvalue weighted by Gasteiger charge is 2.72. The highest BCUT2D eigenvalue weighted by atomic mass is 16.7. The van der Waals surface area contributed by atoms with Gasteiger partial charge in [-0.25, -0.2) is 0 Å². The summed E-state index contributed by atoms with van der Waals surface area (Å²) in [6.45, 7) is 2.11. The molecule has 3 heterocycles. The third-order valence-electron chi connectivity index (χ3n) is 4.38. The van der Waals surface area contributed by atoms with Crippen molar-refractivity contribution in [2.45, 2.75) is 68.4 Å². The molecule has 84 valence electrons. The SMILES string of the molecule is C[C@H]1CC[C@@H]2O[C@@H]3C[C@@]2(O1)[C@H]1OC1C3O. The summed E-state index contributed by atoms with van der Waals surface area (Å²) < 4.78 is 17.6. The Hall–Kier alpha value is -0.160. The van der Waals surface area contributed by atoms with Gasteiger partial charge in [-0.1, -0.05) is 0 Å². The molecule has 0 aromatic rings. The molecule has 1 aliphatic carbocycles. The van der Waals surface area contributed by atoms with E-state index in [1.165, 1.54) is 0 Å². The minimum absolute atomic E-state index is 0.0287. The van der Waals surface area contributed by atoms with Crippen LogP contribution in [-0.2, 0) is 14.2 Å². The summed E-state index contributed by atoms with van der Waals surface area (Å²) in [5, 5.41) is 9.91. The molecule has 7 atom stereocenters. The summed E-state index contributed by atoms with van der Waals surface area (Å²) in [7, 11) is 0. The van der Waals surface area contributed by atoms with Crippen molar-refractivity contribution in [3.05, 3.63) is 0 Å². The van der Waals surface area contributed by atoms with Crippen molar-refractivity contribution in [3.63, 3.8) is 0 Å². The Morgan fingerprint density at radius 1 is 1.27 bits per heavy atom. The predicted octanol–water partition coefficient (Wildman–Crippen LogP) is 0.223. The summed E-state index contributed by atoms with van der Waals surface area (Å²) in [4.78, 5) is 0. The van der Waals surface area contributed by atoms with Crippen LogP contribution in [0.1, 0.15) is 26.2 Å². The van der Waals surface area contributed by atoms with E-state index in [0.29, 0.717) is 6.10 Å². The Morgan fingerprint density at radius 3 is 3.00 bits per heavy atom. The molecule has 0 aromatic carbocycles. The number of hydrogen-bond donors (Lipinski definition) is 1. The lowest BCUT2D eigenvalue weighted by Gasteiger charge is -2.40. The maximum Gasteiger partial charge on any atom is 0.126 e. The monoisotopic (exact) mass is 212 g/mol. The molecule has 4 heteroatoms. The van der Waals surface area contributed by atoms with Gasteiger partial charge >= 0.3 is 0 Å². The lowest BCUT2D eigenvalue weighted by Crippen LogP contribution is -2.54.